The zero-order valence-corrected chi connectivity index (χ0v) is 8.86. The van der Waals surface area contributed by atoms with Crippen molar-refractivity contribution in [2.45, 2.75) is 38.5 Å². The predicted molar refractivity (Wildman–Crippen MR) is 51.8 cm³/mol. The van der Waals surface area contributed by atoms with E-state index in [0.717, 1.165) is 0 Å². The van der Waals surface area contributed by atoms with Crippen LogP contribution in [0.1, 0.15) is 20.8 Å². The van der Waals surface area contributed by atoms with Crippen molar-refractivity contribution in [2.75, 3.05) is 13.1 Å². The molecule has 1 aliphatic heterocycles. The van der Waals surface area contributed by atoms with Gasteiger partial charge in [0, 0.05) is 6.54 Å². The van der Waals surface area contributed by atoms with E-state index in [4.69, 9.17) is 10.5 Å². The molecule has 0 aliphatic carbocycles. The quantitative estimate of drug-likeness (QED) is 0.576. The molecule has 5 heteroatoms. The molecule has 1 rings (SSSR count). The molecule has 1 saturated heterocycles. The first-order chi connectivity index (χ1) is 6.29. The van der Waals surface area contributed by atoms with Crippen LogP contribution in [0.25, 0.3) is 0 Å². The molecule has 3 N–H and O–H groups in total. The molecular formula is C9H18N2O3. The first-order valence-electron chi connectivity index (χ1n) is 4.71. The lowest BCUT2D eigenvalue weighted by atomic mass is 10.2. The van der Waals surface area contributed by atoms with E-state index in [1.54, 1.807) is 20.8 Å². The molecule has 5 nitrogen and oxygen atoms in total. The summed E-state index contributed by atoms with van der Waals surface area (Å²) in [5.74, 6) is 0. The number of carbonyl (C=O) groups is 1. The summed E-state index contributed by atoms with van der Waals surface area (Å²) >= 11 is 0. The standard InChI is InChI=1S/C9H18N2O3/c1-9(2,3)14-8(13)11-4-6(10)7(12)5-11/h6-7,12H,4-5,10H2,1-3H3/t6-,7+/m1/s1. The summed E-state index contributed by atoms with van der Waals surface area (Å²) in [5, 5.41) is 9.34. The van der Waals surface area contributed by atoms with Crippen LogP contribution in [0.5, 0.6) is 0 Å². The monoisotopic (exact) mass is 202 g/mol. The number of likely N-dealkylation sites (tertiary alicyclic amines) is 1. The number of aliphatic hydroxyl groups is 1. The molecule has 0 saturated carbocycles. The number of β-amino-alcohol motifs (C(OH)–C–C–N with tert-alkyl or cyclic N) is 1. The lowest BCUT2D eigenvalue weighted by Crippen LogP contribution is -2.36. The SMILES string of the molecule is CC(C)(C)OC(=O)N1C[C@@H](N)[C@@H](O)C1. The third kappa shape index (κ3) is 2.85. The third-order valence-electron chi connectivity index (χ3n) is 1.98. The Balaban J connectivity index is 2.48. The number of amides is 1. The molecule has 0 radical (unpaired) electrons. The van der Waals surface area contributed by atoms with E-state index in [0.29, 0.717) is 6.54 Å². The maximum Gasteiger partial charge on any atom is 0.410 e. The number of ether oxygens (including phenoxy) is 1. The van der Waals surface area contributed by atoms with Gasteiger partial charge in [-0.05, 0) is 20.8 Å². The summed E-state index contributed by atoms with van der Waals surface area (Å²) in [6, 6.07) is -0.359. The summed E-state index contributed by atoms with van der Waals surface area (Å²) in [4.78, 5) is 12.9. The highest BCUT2D eigenvalue weighted by atomic mass is 16.6. The number of rotatable bonds is 0. The second kappa shape index (κ2) is 3.74. The van der Waals surface area contributed by atoms with Gasteiger partial charge in [0.25, 0.3) is 0 Å². The third-order valence-corrected chi connectivity index (χ3v) is 1.98. The molecule has 0 unspecified atom stereocenters. The number of nitrogens with zero attached hydrogens (tertiary/aromatic N) is 1. The second-order valence-electron chi connectivity index (χ2n) is 4.62. The summed E-state index contributed by atoms with van der Waals surface area (Å²) in [7, 11) is 0. The Bertz CT molecular complexity index is 215. The van der Waals surface area contributed by atoms with Crippen LogP contribution in [0.2, 0.25) is 0 Å². The molecule has 82 valence electrons. The van der Waals surface area contributed by atoms with E-state index >= 15 is 0 Å². The summed E-state index contributed by atoms with van der Waals surface area (Å²) in [6.07, 6.45) is -1.05. The number of hydrogen-bond donors (Lipinski definition) is 2. The van der Waals surface area contributed by atoms with Gasteiger partial charge in [0.15, 0.2) is 0 Å². The van der Waals surface area contributed by atoms with E-state index in [2.05, 4.69) is 0 Å². The number of aliphatic hydroxyl groups excluding tert-OH is 1. The average Bonchev–Trinajstić information content (AvgIpc) is 2.28. The molecule has 0 aromatic rings. The minimum absolute atomic E-state index is 0.260. The molecule has 1 heterocycles. The largest absolute Gasteiger partial charge is 0.444 e. The van der Waals surface area contributed by atoms with Gasteiger partial charge in [-0.1, -0.05) is 0 Å². The normalized spacial score (nSPS) is 27.9. The smallest absolute Gasteiger partial charge is 0.410 e. The lowest BCUT2D eigenvalue weighted by Gasteiger charge is -2.24. The first-order valence-corrected chi connectivity index (χ1v) is 4.71. The van der Waals surface area contributed by atoms with Gasteiger partial charge in [-0.15, -0.1) is 0 Å². The van der Waals surface area contributed by atoms with Gasteiger partial charge in [-0.25, -0.2) is 4.79 Å². The topological polar surface area (TPSA) is 75.8 Å². The highest BCUT2D eigenvalue weighted by Crippen LogP contribution is 2.14. The van der Waals surface area contributed by atoms with Gasteiger partial charge >= 0.3 is 6.09 Å². The van der Waals surface area contributed by atoms with Crippen LogP contribution in [-0.2, 0) is 4.74 Å². The fourth-order valence-corrected chi connectivity index (χ4v) is 1.29. The van der Waals surface area contributed by atoms with Crippen molar-refractivity contribution in [3.63, 3.8) is 0 Å². The van der Waals surface area contributed by atoms with E-state index in [1.807, 2.05) is 0 Å². The molecule has 0 aromatic carbocycles. The summed E-state index contributed by atoms with van der Waals surface area (Å²) < 4.78 is 5.14. The van der Waals surface area contributed by atoms with E-state index in [-0.39, 0.29) is 12.6 Å². The van der Waals surface area contributed by atoms with Crippen LogP contribution in [0.4, 0.5) is 4.79 Å². The number of carbonyl (C=O) groups excluding carboxylic acids is 1. The molecular weight excluding hydrogens is 184 g/mol. The van der Waals surface area contributed by atoms with Crippen molar-refractivity contribution in [2.24, 2.45) is 5.73 Å². The van der Waals surface area contributed by atoms with Crippen LogP contribution < -0.4 is 5.73 Å². The predicted octanol–water partition coefficient (Wildman–Crippen LogP) is -0.0747. The van der Waals surface area contributed by atoms with Gasteiger partial charge in [0.05, 0.1) is 18.7 Å². The highest BCUT2D eigenvalue weighted by molar-refractivity contribution is 5.68. The van der Waals surface area contributed by atoms with Crippen LogP contribution in [0.3, 0.4) is 0 Å². The Labute approximate surface area is 83.8 Å². The highest BCUT2D eigenvalue weighted by Gasteiger charge is 2.33. The van der Waals surface area contributed by atoms with Crippen molar-refractivity contribution in [1.82, 2.24) is 4.90 Å². The molecule has 1 aliphatic rings. The summed E-state index contributed by atoms with van der Waals surface area (Å²) in [5.41, 5.74) is 5.07. The Morgan fingerprint density at radius 1 is 1.50 bits per heavy atom. The molecule has 0 spiro atoms. The molecule has 2 atom stereocenters. The maximum atomic E-state index is 11.5. The Morgan fingerprint density at radius 2 is 2.07 bits per heavy atom. The minimum Gasteiger partial charge on any atom is -0.444 e. The van der Waals surface area contributed by atoms with Crippen LogP contribution in [-0.4, -0.2) is 46.9 Å². The van der Waals surface area contributed by atoms with Crippen LogP contribution in [0.15, 0.2) is 0 Å². The average molecular weight is 202 g/mol. The Hall–Kier alpha value is -0.810. The molecule has 0 aromatic heterocycles. The Kier molecular flexibility index (Phi) is 3.01. The molecule has 0 bridgehead atoms. The minimum atomic E-state index is -0.637. The van der Waals surface area contributed by atoms with Gasteiger partial charge < -0.3 is 20.5 Å². The van der Waals surface area contributed by atoms with E-state index in [1.165, 1.54) is 4.90 Å². The van der Waals surface area contributed by atoms with E-state index in [9.17, 15) is 9.90 Å². The molecule has 14 heavy (non-hydrogen) atoms. The van der Waals surface area contributed by atoms with Crippen molar-refractivity contribution in [3.05, 3.63) is 0 Å². The van der Waals surface area contributed by atoms with Crippen LogP contribution in [0, 0.1) is 0 Å². The van der Waals surface area contributed by atoms with Gasteiger partial charge in [-0.3, -0.25) is 0 Å². The first kappa shape index (κ1) is 11.3. The van der Waals surface area contributed by atoms with E-state index < -0.39 is 17.8 Å². The zero-order chi connectivity index (χ0) is 10.9. The van der Waals surface area contributed by atoms with Gasteiger partial charge in [0.2, 0.25) is 0 Å². The molecule has 1 fully saturated rings. The zero-order valence-electron chi connectivity index (χ0n) is 8.86. The van der Waals surface area contributed by atoms with Crippen LogP contribution >= 0.6 is 0 Å². The fourth-order valence-electron chi connectivity index (χ4n) is 1.29. The fraction of sp³-hybridized carbons (Fsp3) is 0.889. The molecule has 1 amide bonds. The second-order valence-corrected chi connectivity index (χ2v) is 4.62. The van der Waals surface area contributed by atoms with Crippen molar-refractivity contribution < 1.29 is 14.6 Å². The van der Waals surface area contributed by atoms with Crippen molar-refractivity contribution >= 4 is 6.09 Å². The Morgan fingerprint density at radius 3 is 2.43 bits per heavy atom. The lowest BCUT2D eigenvalue weighted by molar-refractivity contribution is 0.0270. The maximum absolute atomic E-state index is 11.5. The van der Waals surface area contributed by atoms with Gasteiger partial charge in [-0.2, -0.15) is 0 Å². The number of nitrogens with two attached hydrogens (primary N) is 1. The van der Waals surface area contributed by atoms with Crippen molar-refractivity contribution in [1.29, 1.82) is 0 Å². The van der Waals surface area contributed by atoms with Crippen molar-refractivity contribution in [3.8, 4) is 0 Å². The summed E-state index contributed by atoms with van der Waals surface area (Å²) in [6.45, 7) is 6.03. The van der Waals surface area contributed by atoms with Gasteiger partial charge in [0.1, 0.15) is 5.60 Å². The number of hydrogen-bond acceptors (Lipinski definition) is 4.